The van der Waals surface area contributed by atoms with E-state index in [0.29, 0.717) is 18.2 Å². The van der Waals surface area contributed by atoms with Crippen molar-refractivity contribution in [2.75, 3.05) is 25.4 Å². The highest BCUT2D eigenvalue weighted by Gasteiger charge is 2.31. The van der Waals surface area contributed by atoms with Crippen molar-refractivity contribution in [3.63, 3.8) is 0 Å². The Bertz CT molecular complexity index is 314. The quantitative estimate of drug-likeness (QED) is 0.788. The maximum absolute atomic E-state index is 12.2. The molecule has 1 aliphatic rings. The van der Waals surface area contributed by atoms with E-state index in [0.717, 1.165) is 32.4 Å². The van der Waals surface area contributed by atoms with E-state index in [1.165, 1.54) is 0 Å². The van der Waals surface area contributed by atoms with Gasteiger partial charge in [-0.2, -0.15) is 4.31 Å². The van der Waals surface area contributed by atoms with Crippen LogP contribution in [0.5, 0.6) is 0 Å². The van der Waals surface area contributed by atoms with Crippen molar-refractivity contribution < 1.29 is 8.42 Å². The Balaban J connectivity index is 2.69. The Morgan fingerprint density at radius 1 is 1.41 bits per heavy atom. The van der Waals surface area contributed by atoms with Gasteiger partial charge in [0.15, 0.2) is 0 Å². The maximum atomic E-state index is 12.2. The lowest BCUT2D eigenvalue weighted by Crippen LogP contribution is -2.54. The minimum Gasteiger partial charge on any atom is -0.314 e. The Kier molecular flexibility index (Phi) is 5.89. The number of hydrogen-bond acceptors (Lipinski definition) is 3. The minimum absolute atomic E-state index is 0.144. The molecule has 1 atom stereocenters. The molecule has 102 valence electrons. The van der Waals surface area contributed by atoms with E-state index in [1.807, 2.05) is 6.92 Å². The van der Waals surface area contributed by atoms with Gasteiger partial charge in [-0.1, -0.05) is 27.2 Å². The lowest BCUT2D eigenvalue weighted by atomic mass is 10.0. The number of rotatable bonds is 6. The molecule has 0 spiro atoms. The van der Waals surface area contributed by atoms with Crippen molar-refractivity contribution >= 4 is 10.0 Å². The topological polar surface area (TPSA) is 49.4 Å². The van der Waals surface area contributed by atoms with E-state index in [2.05, 4.69) is 19.2 Å². The van der Waals surface area contributed by atoms with Crippen molar-refractivity contribution in [2.24, 2.45) is 5.92 Å². The van der Waals surface area contributed by atoms with Crippen LogP contribution in [0.3, 0.4) is 0 Å². The minimum atomic E-state index is -3.05. The van der Waals surface area contributed by atoms with Gasteiger partial charge in [0.1, 0.15) is 0 Å². The van der Waals surface area contributed by atoms with Crippen molar-refractivity contribution in [3.8, 4) is 0 Å². The molecule has 0 aromatic carbocycles. The Labute approximate surface area is 106 Å². The number of unbranched alkanes of at least 4 members (excludes halogenated alkanes) is 1. The van der Waals surface area contributed by atoms with E-state index in [-0.39, 0.29) is 6.04 Å². The van der Waals surface area contributed by atoms with Crippen LogP contribution in [-0.2, 0) is 10.0 Å². The number of sulfonamides is 1. The summed E-state index contributed by atoms with van der Waals surface area (Å²) in [6.45, 7) is 8.52. The second-order valence-electron chi connectivity index (χ2n) is 5.27. The lowest BCUT2D eigenvalue weighted by molar-refractivity contribution is 0.237. The molecule has 1 unspecified atom stereocenters. The highest BCUT2D eigenvalue weighted by molar-refractivity contribution is 7.89. The molecule has 1 fully saturated rings. The molecule has 4 nitrogen and oxygen atoms in total. The molecule has 1 aliphatic heterocycles. The first-order valence-electron chi connectivity index (χ1n) is 6.67. The molecule has 1 heterocycles. The first kappa shape index (κ1) is 14.9. The standard InChI is InChI=1S/C12H26N2O2S/c1-4-5-8-17(15,16)14-7-6-13-10-12(14)9-11(2)3/h11-13H,4-10H2,1-3H3. The molecule has 0 amide bonds. The molecule has 0 aromatic rings. The van der Waals surface area contributed by atoms with E-state index >= 15 is 0 Å². The van der Waals surface area contributed by atoms with Crippen molar-refractivity contribution in [2.45, 2.75) is 46.1 Å². The van der Waals surface area contributed by atoms with Crippen molar-refractivity contribution in [1.29, 1.82) is 0 Å². The van der Waals surface area contributed by atoms with Gasteiger partial charge in [0.2, 0.25) is 10.0 Å². The zero-order valence-corrected chi connectivity index (χ0v) is 12.1. The molecule has 0 aromatic heterocycles. The van der Waals surface area contributed by atoms with Crippen LogP contribution >= 0.6 is 0 Å². The van der Waals surface area contributed by atoms with Crippen molar-refractivity contribution in [1.82, 2.24) is 9.62 Å². The molecule has 0 aliphatic carbocycles. The molecular weight excluding hydrogens is 236 g/mol. The normalized spacial score (nSPS) is 23.2. The van der Waals surface area contributed by atoms with E-state index < -0.39 is 10.0 Å². The van der Waals surface area contributed by atoms with Crippen LogP contribution in [0, 0.1) is 5.92 Å². The maximum Gasteiger partial charge on any atom is 0.214 e. The Morgan fingerprint density at radius 3 is 2.71 bits per heavy atom. The predicted molar refractivity (Wildman–Crippen MR) is 71.5 cm³/mol. The van der Waals surface area contributed by atoms with Gasteiger partial charge in [-0.05, 0) is 18.8 Å². The fourth-order valence-electron chi connectivity index (χ4n) is 2.30. The Morgan fingerprint density at radius 2 is 2.12 bits per heavy atom. The summed E-state index contributed by atoms with van der Waals surface area (Å²) < 4.78 is 26.2. The summed E-state index contributed by atoms with van der Waals surface area (Å²) in [6, 6.07) is 0.144. The molecule has 0 bridgehead atoms. The van der Waals surface area contributed by atoms with Gasteiger partial charge in [-0.15, -0.1) is 0 Å². The summed E-state index contributed by atoms with van der Waals surface area (Å²) in [4.78, 5) is 0. The highest BCUT2D eigenvalue weighted by atomic mass is 32.2. The third-order valence-corrected chi connectivity index (χ3v) is 5.15. The average molecular weight is 262 g/mol. The first-order valence-corrected chi connectivity index (χ1v) is 8.28. The van der Waals surface area contributed by atoms with Gasteiger partial charge in [0.25, 0.3) is 0 Å². The van der Waals surface area contributed by atoms with E-state index in [9.17, 15) is 8.42 Å². The number of piperazine rings is 1. The zero-order valence-electron chi connectivity index (χ0n) is 11.3. The largest absolute Gasteiger partial charge is 0.314 e. The second kappa shape index (κ2) is 6.71. The van der Waals surface area contributed by atoms with Gasteiger partial charge in [-0.3, -0.25) is 0 Å². The number of hydrogen-bond donors (Lipinski definition) is 1. The van der Waals surface area contributed by atoms with Gasteiger partial charge in [-0.25, -0.2) is 8.42 Å². The van der Waals surface area contributed by atoms with E-state index in [4.69, 9.17) is 0 Å². The van der Waals surface area contributed by atoms with E-state index in [1.54, 1.807) is 4.31 Å². The lowest BCUT2D eigenvalue weighted by Gasteiger charge is -2.36. The molecule has 17 heavy (non-hydrogen) atoms. The number of nitrogens with one attached hydrogen (secondary N) is 1. The molecule has 1 rings (SSSR count). The van der Waals surface area contributed by atoms with Gasteiger partial charge < -0.3 is 5.32 Å². The molecule has 1 saturated heterocycles. The third kappa shape index (κ3) is 4.56. The Hall–Kier alpha value is -0.130. The molecule has 1 N–H and O–H groups in total. The summed E-state index contributed by atoms with van der Waals surface area (Å²) >= 11 is 0. The fourth-order valence-corrected chi connectivity index (χ4v) is 4.17. The summed E-state index contributed by atoms with van der Waals surface area (Å²) in [5.74, 6) is 0.835. The summed E-state index contributed by atoms with van der Waals surface area (Å²) in [6.07, 6.45) is 2.64. The summed E-state index contributed by atoms with van der Waals surface area (Å²) in [5, 5.41) is 3.29. The smallest absolute Gasteiger partial charge is 0.214 e. The monoisotopic (exact) mass is 262 g/mol. The average Bonchev–Trinajstić information content (AvgIpc) is 2.26. The fraction of sp³-hybridized carbons (Fsp3) is 1.00. The first-order chi connectivity index (χ1) is 7.97. The summed E-state index contributed by atoms with van der Waals surface area (Å²) in [5.41, 5.74) is 0. The molecule has 0 radical (unpaired) electrons. The highest BCUT2D eigenvalue weighted by Crippen LogP contribution is 2.18. The van der Waals surface area contributed by atoms with Crippen LogP contribution < -0.4 is 5.32 Å². The molecule has 0 saturated carbocycles. The van der Waals surface area contributed by atoms with Crippen LogP contribution in [0.1, 0.15) is 40.0 Å². The predicted octanol–water partition coefficient (Wildman–Crippen LogP) is 1.44. The van der Waals surface area contributed by atoms with Crippen LogP contribution in [-0.4, -0.2) is 44.2 Å². The molecule has 5 heteroatoms. The van der Waals surface area contributed by atoms with Gasteiger partial charge in [0.05, 0.1) is 5.75 Å². The van der Waals surface area contributed by atoms with Gasteiger partial charge in [0, 0.05) is 25.7 Å². The van der Waals surface area contributed by atoms with Crippen molar-refractivity contribution in [3.05, 3.63) is 0 Å². The van der Waals surface area contributed by atoms with Crippen LogP contribution in [0.25, 0.3) is 0 Å². The number of nitrogens with zero attached hydrogens (tertiary/aromatic N) is 1. The second-order valence-corrected chi connectivity index (χ2v) is 7.31. The van der Waals surface area contributed by atoms with Crippen LogP contribution in [0.15, 0.2) is 0 Å². The van der Waals surface area contributed by atoms with Crippen LogP contribution in [0.4, 0.5) is 0 Å². The zero-order chi connectivity index (χ0) is 12.9. The SMILES string of the molecule is CCCCS(=O)(=O)N1CCNCC1CC(C)C. The van der Waals surface area contributed by atoms with Crippen LogP contribution in [0.2, 0.25) is 0 Å². The molecular formula is C12H26N2O2S. The van der Waals surface area contributed by atoms with Gasteiger partial charge >= 0.3 is 0 Å². The third-order valence-electron chi connectivity index (χ3n) is 3.15. The summed E-state index contributed by atoms with van der Waals surface area (Å²) in [7, 11) is -3.05.